The number of rotatable bonds is 4. The molecule has 0 saturated heterocycles. The predicted octanol–water partition coefficient (Wildman–Crippen LogP) is -0.210. The Morgan fingerprint density at radius 1 is 1.44 bits per heavy atom. The third kappa shape index (κ3) is 3.34. The van der Waals surface area contributed by atoms with Crippen molar-refractivity contribution in [1.29, 1.82) is 0 Å². The molecule has 0 bridgehead atoms. The van der Waals surface area contributed by atoms with Gasteiger partial charge in [-0.3, -0.25) is 0 Å². The van der Waals surface area contributed by atoms with E-state index in [4.69, 9.17) is 14.9 Å². The number of hydrogen-bond acceptors (Lipinski definition) is 3. The van der Waals surface area contributed by atoms with Crippen molar-refractivity contribution >= 4 is 22.6 Å². The molecule has 0 radical (unpaired) electrons. The lowest BCUT2D eigenvalue weighted by atomic mass is 10.3. The quantitative estimate of drug-likeness (QED) is 0.533. The van der Waals surface area contributed by atoms with Gasteiger partial charge in [0, 0.05) is 7.11 Å². The second kappa shape index (κ2) is 5.40. The molecule has 3 nitrogen and oxygen atoms in total. The molecule has 0 aromatic rings. The molecule has 4 heteroatoms. The summed E-state index contributed by atoms with van der Waals surface area (Å²) in [4.78, 5) is 0. The molecule has 0 aliphatic heterocycles. The molecule has 0 rings (SSSR count). The summed E-state index contributed by atoms with van der Waals surface area (Å²) >= 11 is 2.03. The molecule has 0 aliphatic rings. The number of alkyl halides is 1. The first-order valence-electron chi connectivity index (χ1n) is 2.64. The lowest BCUT2D eigenvalue weighted by molar-refractivity contribution is 0.0401. The van der Waals surface area contributed by atoms with Crippen LogP contribution in [0, 0.1) is 0 Å². The highest BCUT2D eigenvalue weighted by Crippen LogP contribution is 2.07. The standard InChI is InChI=1S/C5H11IO3/c1-9-5(3-8)4(6)2-7/h4-5,7-8H,2-3H2,1H3. The molecule has 0 spiro atoms. The maximum Gasteiger partial charge on any atom is 0.0941 e. The van der Waals surface area contributed by atoms with Crippen LogP contribution >= 0.6 is 22.6 Å². The highest BCUT2D eigenvalue weighted by atomic mass is 127. The smallest absolute Gasteiger partial charge is 0.0941 e. The highest BCUT2D eigenvalue weighted by Gasteiger charge is 2.15. The average molecular weight is 246 g/mol. The Kier molecular flexibility index (Phi) is 5.77. The summed E-state index contributed by atoms with van der Waals surface area (Å²) < 4.78 is 4.82. The molecule has 2 atom stereocenters. The van der Waals surface area contributed by atoms with Gasteiger partial charge in [-0.15, -0.1) is 0 Å². The molecule has 9 heavy (non-hydrogen) atoms. The molecule has 0 fully saturated rings. The number of aliphatic hydroxyl groups is 2. The summed E-state index contributed by atoms with van der Waals surface area (Å²) in [5.41, 5.74) is 0. The van der Waals surface area contributed by atoms with E-state index in [1.54, 1.807) is 0 Å². The van der Waals surface area contributed by atoms with E-state index in [0.717, 1.165) is 0 Å². The first-order chi connectivity index (χ1) is 4.26. The van der Waals surface area contributed by atoms with E-state index < -0.39 is 0 Å². The predicted molar refractivity (Wildman–Crippen MR) is 42.8 cm³/mol. The molecular formula is C5H11IO3. The Hall–Kier alpha value is 0.610. The van der Waals surface area contributed by atoms with Crippen LogP contribution in [0.2, 0.25) is 0 Å². The normalized spacial score (nSPS) is 17.3. The fourth-order valence-corrected chi connectivity index (χ4v) is 0.975. The zero-order valence-corrected chi connectivity index (χ0v) is 7.41. The Bertz CT molecular complexity index is 65.2. The molecule has 0 aliphatic carbocycles. The van der Waals surface area contributed by atoms with Gasteiger partial charge in [-0.1, -0.05) is 22.6 Å². The van der Waals surface area contributed by atoms with Crippen LogP contribution in [0.4, 0.5) is 0 Å². The average Bonchev–Trinajstić information content (AvgIpc) is 1.90. The van der Waals surface area contributed by atoms with Gasteiger partial charge in [0.25, 0.3) is 0 Å². The van der Waals surface area contributed by atoms with Gasteiger partial charge in [-0.25, -0.2) is 0 Å². The van der Waals surface area contributed by atoms with E-state index in [2.05, 4.69) is 0 Å². The zero-order valence-electron chi connectivity index (χ0n) is 5.25. The van der Waals surface area contributed by atoms with Gasteiger partial charge >= 0.3 is 0 Å². The van der Waals surface area contributed by atoms with E-state index in [-0.39, 0.29) is 23.2 Å². The number of methoxy groups -OCH3 is 1. The zero-order chi connectivity index (χ0) is 7.28. The fourth-order valence-electron chi connectivity index (χ4n) is 0.454. The minimum Gasteiger partial charge on any atom is -0.395 e. The van der Waals surface area contributed by atoms with Crippen LogP contribution in [-0.2, 0) is 4.74 Å². The molecule has 0 saturated carbocycles. The summed E-state index contributed by atoms with van der Waals surface area (Å²) in [5, 5.41) is 17.2. The van der Waals surface area contributed by atoms with E-state index in [1.165, 1.54) is 7.11 Å². The van der Waals surface area contributed by atoms with E-state index in [0.29, 0.717) is 0 Å². The van der Waals surface area contributed by atoms with Gasteiger partial charge in [0.2, 0.25) is 0 Å². The SMILES string of the molecule is COC(CO)C(I)CO. The molecule has 56 valence electrons. The summed E-state index contributed by atoms with van der Waals surface area (Å²) in [6.45, 7) is 0.00426. The van der Waals surface area contributed by atoms with Gasteiger partial charge in [-0.05, 0) is 0 Å². The second-order valence-corrected chi connectivity index (χ2v) is 3.26. The van der Waals surface area contributed by atoms with Crippen LogP contribution in [0.1, 0.15) is 0 Å². The topological polar surface area (TPSA) is 49.7 Å². The fraction of sp³-hybridized carbons (Fsp3) is 1.00. The van der Waals surface area contributed by atoms with Crippen molar-refractivity contribution < 1.29 is 14.9 Å². The van der Waals surface area contributed by atoms with E-state index in [9.17, 15) is 0 Å². The van der Waals surface area contributed by atoms with Crippen LogP contribution < -0.4 is 0 Å². The van der Waals surface area contributed by atoms with Crippen LogP contribution in [-0.4, -0.2) is 40.6 Å². The second-order valence-electron chi connectivity index (χ2n) is 1.66. The van der Waals surface area contributed by atoms with Crippen molar-refractivity contribution in [1.82, 2.24) is 0 Å². The minimum atomic E-state index is -0.240. The van der Waals surface area contributed by atoms with Crippen LogP contribution in [0.15, 0.2) is 0 Å². The van der Waals surface area contributed by atoms with E-state index in [1.807, 2.05) is 22.6 Å². The van der Waals surface area contributed by atoms with Crippen molar-refractivity contribution in [3.63, 3.8) is 0 Å². The molecule has 0 heterocycles. The van der Waals surface area contributed by atoms with Gasteiger partial charge in [0.15, 0.2) is 0 Å². The largest absolute Gasteiger partial charge is 0.395 e. The highest BCUT2D eigenvalue weighted by molar-refractivity contribution is 14.1. The Labute approximate surface area is 68.2 Å². The van der Waals surface area contributed by atoms with Crippen molar-refractivity contribution in [2.75, 3.05) is 20.3 Å². The third-order valence-corrected chi connectivity index (χ3v) is 2.26. The summed E-state index contributed by atoms with van der Waals surface area (Å²) in [6, 6.07) is 0. The van der Waals surface area contributed by atoms with Gasteiger partial charge in [0.1, 0.15) is 0 Å². The van der Waals surface area contributed by atoms with Crippen LogP contribution in [0.25, 0.3) is 0 Å². The third-order valence-electron chi connectivity index (χ3n) is 1.06. The van der Waals surface area contributed by atoms with Crippen molar-refractivity contribution in [3.8, 4) is 0 Å². The van der Waals surface area contributed by atoms with Gasteiger partial charge < -0.3 is 14.9 Å². The van der Waals surface area contributed by atoms with E-state index >= 15 is 0 Å². The number of aliphatic hydroxyl groups excluding tert-OH is 2. The summed E-state index contributed by atoms with van der Waals surface area (Å²) in [5.74, 6) is 0. The van der Waals surface area contributed by atoms with Crippen molar-refractivity contribution in [3.05, 3.63) is 0 Å². The number of hydrogen-bond donors (Lipinski definition) is 2. The maximum atomic E-state index is 8.59. The molecule has 2 N–H and O–H groups in total. The molecule has 0 aromatic carbocycles. The Morgan fingerprint density at radius 3 is 2.11 bits per heavy atom. The monoisotopic (exact) mass is 246 g/mol. The lowest BCUT2D eigenvalue weighted by Gasteiger charge is -2.15. The van der Waals surface area contributed by atoms with Crippen molar-refractivity contribution in [2.24, 2.45) is 0 Å². The minimum absolute atomic E-state index is 0.0161. The molecular weight excluding hydrogens is 235 g/mol. The first kappa shape index (κ1) is 9.61. The van der Waals surface area contributed by atoms with Gasteiger partial charge in [-0.2, -0.15) is 0 Å². The van der Waals surface area contributed by atoms with Crippen LogP contribution in [0.3, 0.4) is 0 Å². The summed E-state index contributed by atoms with van der Waals surface area (Å²) in [6.07, 6.45) is -0.240. The Morgan fingerprint density at radius 2 is 2.00 bits per heavy atom. The molecule has 0 amide bonds. The summed E-state index contributed by atoms with van der Waals surface area (Å²) in [7, 11) is 1.52. The molecule has 2 unspecified atom stereocenters. The first-order valence-corrected chi connectivity index (χ1v) is 3.89. The van der Waals surface area contributed by atoms with Crippen molar-refractivity contribution in [2.45, 2.75) is 10.0 Å². The van der Waals surface area contributed by atoms with Crippen LogP contribution in [0.5, 0.6) is 0 Å². The lowest BCUT2D eigenvalue weighted by Crippen LogP contribution is -2.29. The Balaban J connectivity index is 3.50. The molecule has 0 aromatic heterocycles. The number of halogens is 1. The maximum absolute atomic E-state index is 8.59. The number of ether oxygens (including phenoxy) is 1. The van der Waals surface area contributed by atoms with Gasteiger partial charge in [0.05, 0.1) is 23.2 Å².